The van der Waals surface area contributed by atoms with Crippen molar-refractivity contribution in [3.8, 4) is 10.6 Å². The third-order valence-corrected chi connectivity index (χ3v) is 11.0. The Labute approximate surface area is 231 Å². The molecule has 6 nitrogen and oxygen atoms in total. The smallest absolute Gasteiger partial charge is 0.234 e. The van der Waals surface area contributed by atoms with Crippen molar-refractivity contribution >= 4 is 44.9 Å². The van der Waals surface area contributed by atoms with Gasteiger partial charge in [0.1, 0.15) is 10.8 Å². The number of thiazole rings is 1. The van der Waals surface area contributed by atoms with Gasteiger partial charge in [-0.15, -0.1) is 21.5 Å². The molecular formula is C30H33N5OS2. The minimum Gasteiger partial charge on any atom is -0.325 e. The molecule has 2 heterocycles. The third kappa shape index (κ3) is 4.66. The Hall–Kier alpha value is -2.71. The van der Waals surface area contributed by atoms with E-state index in [0.29, 0.717) is 11.2 Å². The molecule has 1 amide bonds. The van der Waals surface area contributed by atoms with Crippen LogP contribution in [0.25, 0.3) is 20.8 Å². The average molecular weight is 544 g/mol. The standard InChI is InChI=1S/C30H33N5OS2/c1-18-3-8-24-25(9-18)38-28(32-24)22-4-6-23(7-5-22)31-27(36)17-37-29-34-33-26(35(29)2)16-30-13-19-10-20(14-30)12-21(11-19)15-30/h3-9,19-21H,10-17H2,1-2H3,(H,31,36). The van der Waals surface area contributed by atoms with E-state index in [2.05, 4.69) is 52.3 Å². The molecule has 2 aromatic heterocycles. The molecule has 2 aromatic carbocycles. The summed E-state index contributed by atoms with van der Waals surface area (Å²) >= 11 is 3.15. The lowest BCUT2D eigenvalue weighted by atomic mass is 9.49. The quantitative estimate of drug-likeness (QED) is 0.257. The number of carbonyl (C=O) groups excluding carboxylic acids is 1. The number of aryl methyl sites for hydroxylation is 1. The van der Waals surface area contributed by atoms with Crippen molar-refractivity contribution in [1.29, 1.82) is 0 Å². The number of aromatic nitrogens is 4. The zero-order valence-electron chi connectivity index (χ0n) is 21.9. The van der Waals surface area contributed by atoms with Gasteiger partial charge in [-0.25, -0.2) is 4.98 Å². The summed E-state index contributed by atoms with van der Waals surface area (Å²) in [7, 11) is 2.05. The first-order chi connectivity index (χ1) is 18.4. The lowest BCUT2D eigenvalue weighted by Crippen LogP contribution is -2.47. The van der Waals surface area contributed by atoms with Gasteiger partial charge in [0.25, 0.3) is 0 Å². The van der Waals surface area contributed by atoms with E-state index < -0.39 is 0 Å². The summed E-state index contributed by atoms with van der Waals surface area (Å²) < 4.78 is 3.31. The van der Waals surface area contributed by atoms with Crippen molar-refractivity contribution < 1.29 is 4.79 Å². The number of carbonyl (C=O) groups is 1. The molecule has 196 valence electrons. The van der Waals surface area contributed by atoms with Crippen LogP contribution in [0.15, 0.2) is 47.6 Å². The third-order valence-electron chi connectivity index (χ3n) is 8.92. The van der Waals surface area contributed by atoms with Gasteiger partial charge in [-0.2, -0.15) is 0 Å². The summed E-state index contributed by atoms with van der Waals surface area (Å²) in [6.07, 6.45) is 9.51. The summed E-state index contributed by atoms with van der Waals surface area (Å²) in [4.78, 5) is 17.5. The van der Waals surface area contributed by atoms with Crippen molar-refractivity contribution in [3.63, 3.8) is 0 Å². The van der Waals surface area contributed by atoms with Crippen LogP contribution in [0.4, 0.5) is 5.69 Å². The first kappa shape index (κ1) is 24.3. The molecule has 4 aliphatic rings. The molecule has 0 aliphatic heterocycles. The van der Waals surface area contributed by atoms with E-state index in [-0.39, 0.29) is 5.91 Å². The molecule has 38 heavy (non-hydrogen) atoms. The molecule has 8 heteroatoms. The highest BCUT2D eigenvalue weighted by atomic mass is 32.2. The Bertz CT molecular complexity index is 1470. The highest BCUT2D eigenvalue weighted by molar-refractivity contribution is 7.99. The molecule has 4 aromatic rings. The summed E-state index contributed by atoms with van der Waals surface area (Å²) in [6, 6.07) is 14.3. The van der Waals surface area contributed by atoms with Crippen LogP contribution < -0.4 is 5.32 Å². The molecular weight excluding hydrogens is 510 g/mol. The van der Waals surface area contributed by atoms with E-state index >= 15 is 0 Å². The molecule has 0 unspecified atom stereocenters. The molecule has 0 atom stereocenters. The van der Waals surface area contributed by atoms with E-state index in [4.69, 9.17) is 4.98 Å². The second kappa shape index (κ2) is 9.49. The van der Waals surface area contributed by atoms with Crippen LogP contribution in [-0.4, -0.2) is 31.4 Å². The maximum absolute atomic E-state index is 12.7. The Morgan fingerprint density at radius 1 is 1.05 bits per heavy atom. The number of hydrogen-bond acceptors (Lipinski definition) is 6. The van der Waals surface area contributed by atoms with Crippen LogP contribution in [0.3, 0.4) is 0 Å². The molecule has 8 rings (SSSR count). The maximum atomic E-state index is 12.7. The fourth-order valence-corrected chi connectivity index (χ4v) is 9.44. The Morgan fingerprint density at radius 3 is 2.47 bits per heavy atom. The number of anilines is 1. The van der Waals surface area contributed by atoms with Crippen molar-refractivity contribution in [2.75, 3.05) is 11.1 Å². The number of amides is 1. The van der Waals surface area contributed by atoms with Gasteiger partial charge in [-0.3, -0.25) is 4.79 Å². The Morgan fingerprint density at radius 2 is 1.76 bits per heavy atom. The van der Waals surface area contributed by atoms with Crippen LogP contribution in [0.1, 0.15) is 49.9 Å². The van der Waals surface area contributed by atoms with Crippen molar-refractivity contribution in [1.82, 2.24) is 19.7 Å². The van der Waals surface area contributed by atoms with Gasteiger partial charge in [0.2, 0.25) is 5.91 Å². The van der Waals surface area contributed by atoms with Gasteiger partial charge in [-0.1, -0.05) is 17.8 Å². The first-order valence-corrected chi connectivity index (χ1v) is 15.5. The van der Waals surface area contributed by atoms with Gasteiger partial charge in [0, 0.05) is 24.7 Å². The largest absolute Gasteiger partial charge is 0.325 e. The lowest BCUT2D eigenvalue weighted by molar-refractivity contribution is -0.113. The van der Waals surface area contributed by atoms with Gasteiger partial charge in [0.15, 0.2) is 5.16 Å². The van der Waals surface area contributed by atoms with E-state index in [1.807, 2.05) is 24.3 Å². The first-order valence-electron chi connectivity index (χ1n) is 13.7. The van der Waals surface area contributed by atoms with Crippen LogP contribution >= 0.6 is 23.1 Å². The van der Waals surface area contributed by atoms with Crippen molar-refractivity contribution in [3.05, 3.63) is 53.9 Å². The Kier molecular flexibility index (Phi) is 6.08. The van der Waals surface area contributed by atoms with E-state index in [9.17, 15) is 4.79 Å². The highest BCUT2D eigenvalue weighted by Crippen LogP contribution is 2.61. The summed E-state index contributed by atoms with van der Waals surface area (Å²) in [5.74, 6) is 4.16. The normalized spacial score (nSPS) is 25.8. The van der Waals surface area contributed by atoms with E-state index in [1.54, 1.807) is 11.3 Å². The molecule has 4 fully saturated rings. The fourth-order valence-electron chi connectivity index (χ4n) is 7.65. The summed E-state index contributed by atoms with van der Waals surface area (Å²) in [5, 5.41) is 13.9. The SMILES string of the molecule is Cc1ccc2nc(-c3ccc(NC(=O)CSc4nnc(CC56CC7CC(CC(C7)C5)C6)n4C)cc3)sc2c1. The zero-order chi connectivity index (χ0) is 25.9. The minimum atomic E-state index is -0.0381. The second-order valence-electron chi connectivity index (χ2n) is 12.0. The van der Waals surface area contributed by atoms with Gasteiger partial charge in [-0.05, 0) is 111 Å². The fraction of sp³-hybridized carbons (Fsp3) is 0.467. The number of thioether (sulfide) groups is 1. The monoisotopic (exact) mass is 543 g/mol. The number of nitrogens with zero attached hydrogens (tertiary/aromatic N) is 4. The number of fused-ring (bicyclic) bond motifs is 1. The van der Waals surface area contributed by atoms with E-state index in [0.717, 1.165) is 56.9 Å². The van der Waals surface area contributed by atoms with Gasteiger partial charge < -0.3 is 9.88 Å². The molecule has 0 radical (unpaired) electrons. The topological polar surface area (TPSA) is 72.7 Å². The Balaban J connectivity index is 0.958. The number of benzene rings is 2. The molecule has 4 bridgehead atoms. The minimum absolute atomic E-state index is 0.0381. The summed E-state index contributed by atoms with van der Waals surface area (Å²) in [5.41, 5.74) is 4.54. The number of rotatable bonds is 7. The summed E-state index contributed by atoms with van der Waals surface area (Å²) in [6.45, 7) is 2.10. The molecule has 1 N–H and O–H groups in total. The number of nitrogens with one attached hydrogen (secondary N) is 1. The predicted molar refractivity (Wildman–Crippen MR) is 154 cm³/mol. The van der Waals surface area contributed by atoms with Crippen LogP contribution in [-0.2, 0) is 18.3 Å². The van der Waals surface area contributed by atoms with Crippen molar-refractivity contribution in [2.24, 2.45) is 30.2 Å². The van der Waals surface area contributed by atoms with Crippen LogP contribution in [0.2, 0.25) is 0 Å². The maximum Gasteiger partial charge on any atom is 0.234 e. The second-order valence-corrected chi connectivity index (χ2v) is 13.9. The van der Waals surface area contributed by atoms with E-state index in [1.165, 1.54) is 60.6 Å². The zero-order valence-corrected chi connectivity index (χ0v) is 23.6. The predicted octanol–water partition coefficient (Wildman–Crippen LogP) is 6.89. The molecule has 4 saturated carbocycles. The molecule has 4 aliphatic carbocycles. The lowest BCUT2D eigenvalue weighted by Gasteiger charge is -2.56. The van der Waals surface area contributed by atoms with Gasteiger partial charge in [0.05, 0.1) is 16.0 Å². The molecule has 0 saturated heterocycles. The molecule has 0 spiro atoms. The number of hydrogen-bond donors (Lipinski definition) is 1. The average Bonchev–Trinajstić information content (AvgIpc) is 3.45. The van der Waals surface area contributed by atoms with Gasteiger partial charge >= 0.3 is 0 Å². The van der Waals surface area contributed by atoms with Crippen molar-refractivity contribution in [2.45, 2.75) is 57.0 Å². The highest BCUT2D eigenvalue weighted by Gasteiger charge is 2.51. The van der Waals surface area contributed by atoms with Crippen LogP contribution in [0, 0.1) is 30.1 Å². The van der Waals surface area contributed by atoms with Crippen LogP contribution in [0.5, 0.6) is 0 Å².